The first kappa shape index (κ1) is 18.0. The Kier molecular flexibility index (Phi) is 6.98. The Bertz CT molecular complexity index is 304. The predicted molar refractivity (Wildman–Crippen MR) is 77.9 cm³/mol. The number of nitrogens with zero attached hydrogens (tertiary/aromatic N) is 1. The van der Waals surface area contributed by atoms with Gasteiger partial charge in [0.15, 0.2) is 16.6 Å². The van der Waals surface area contributed by atoms with Gasteiger partial charge < -0.3 is 13.3 Å². The predicted octanol–water partition coefficient (Wildman–Crippen LogP) is 3.45. The fourth-order valence-corrected chi connectivity index (χ4v) is 7.49. The third-order valence-electron chi connectivity index (χ3n) is 1.26. The standard InChI is InChI=1S/C9H24NO5PSi2/c1-12-10-8-9-13-16(11,14-17(2,3)4)15-18(5,6)7/h8H,9H2,1-7H3/b10-8+. The fraction of sp³-hybridized carbons (Fsp3) is 0.889. The monoisotopic (exact) mass is 313 g/mol. The SMILES string of the molecule is CO/N=C/COP(=O)(O[Si](C)(C)C)O[Si](C)(C)C. The molecule has 6 nitrogen and oxygen atoms in total. The largest absolute Gasteiger partial charge is 0.455 e. The lowest BCUT2D eigenvalue weighted by molar-refractivity contribution is 0.206. The molecular formula is C9H24NO5PSi2. The van der Waals surface area contributed by atoms with Crippen LogP contribution in [-0.2, 0) is 22.4 Å². The topological polar surface area (TPSA) is 66.4 Å². The zero-order chi connectivity index (χ0) is 14.4. The van der Waals surface area contributed by atoms with Gasteiger partial charge in [-0.05, 0) is 39.3 Å². The van der Waals surface area contributed by atoms with Crippen LogP contribution < -0.4 is 0 Å². The van der Waals surface area contributed by atoms with E-state index in [-0.39, 0.29) is 6.61 Å². The van der Waals surface area contributed by atoms with E-state index in [9.17, 15) is 4.57 Å². The molecule has 0 amide bonds. The molecule has 0 rings (SSSR count). The van der Waals surface area contributed by atoms with Crippen molar-refractivity contribution in [2.75, 3.05) is 13.7 Å². The molecule has 0 unspecified atom stereocenters. The molecule has 0 atom stereocenters. The van der Waals surface area contributed by atoms with E-state index in [4.69, 9.17) is 12.9 Å². The van der Waals surface area contributed by atoms with E-state index in [1.54, 1.807) is 0 Å². The molecule has 0 aliphatic carbocycles. The van der Waals surface area contributed by atoms with Gasteiger partial charge in [0.2, 0.25) is 0 Å². The molecule has 0 aromatic heterocycles. The van der Waals surface area contributed by atoms with Gasteiger partial charge in [-0.15, -0.1) is 0 Å². The van der Waals surface area contributed by atoms with Gasteiger partial charge in [-0.2, -0.15) is 0 Å². The summed E-state index contributed by atoms with van der Waals surface area (Å²) >= 11 is 0. The van der Waals surface area contributed by atoms with Crippen LogP contribution in [0, 0.1) is 0 Å². The van der Waals surface area contributed by atoms with Crippen LogP contribution >= 0.6 is 7.82 Å². The number of oxime groups is 1. The van der Waals surface area contributed by atoms with Crippen LogP contribution in [-0.4, -0.2) is 36.6 Å². The van der Waals surface area contributed by atoms with Gasteiger partial charge in [-0.1, -0.05) is 5.16 Å². The molecule has 0 aliphatic heterocycles. The Morgan fingerprint density at radius 2 is 1.50 bits per heavy atom. The van der Waals surface area contributed by atoms with Gasteiger partial charge >= 0.3 is 7.82 Å². The van der Waals surface area contributed by atoms with Gasteiger partial charge in [-0.3, -0.25) is 4.52 Å². The highest BCUT2D eigenvalue weighted by Gasteiger charge is 2.37. The quantitative estimate of drug-likeness (QED) is 0.297. The fourth-order valence-electron chi connectivity index (χ4n) is 0.972. The highest BCUT2D eigenvalue weighted by Crippen LogP contribution is 2.53. The summed E-state index contributed by atoms with van der Waals surface area (Å²) in [6.45, 7) is 11.6. The average Bonchev–Trinajstić information content (AvgIpc) is 2.05. The first-order valence-electron chi connectivity index (χ1n) is 5.68. The Morgan fingerprint density at radius 3 is 1.83 bits per heavy atom. The molecule has 0 fully saturated rings. The lowest BCUT2D eigenvalue weighted by atomic mass is 10.8. The summed E-state index contributed by atoms with van der Waals surface area (Å²) < 4.78 is 28.9. The van der Waals surface area contributed by atoms with Gasteiger partial charge in [0.05, 0.1) is 12.8 Å². The first-order valence-corrected chi connectivity index (χ1v) is 14.0. The molecule has 0 bridgehead atoms. The second-order valence-electron chi connectivity index (χ2n) is 5.62. The zero-order valence-corrected chi connectivity index (χ0v) is 15.1. The average molecular weight is 313 g/mol. The van der Waals surface area contributed by atoms with Crippen LogP contribution in [0.15, 0.2) is 5.16 Å². The Balaban J connectivity index is 4.71. The molecule has 108 valence electrons. The number of phosphoric acid groups is 1. The molecular weight excluding hydrogens is 289 g/mol. The first-order chi connectivity index (χ1) is 7.97. The smallest absolute Gasteiger partial charge is 0.399 e. The van der Waals surface area contributed by atoms with Gasteiger partial charge in [0, 0.05) is 0 Å². The van der Waals surface area contributed by atoms with Crippen molar-refractivity contribution in [3.63, 3.8) is 0 Å². The zero-order valence-electron chi connectivity index (χ0n) is 12.2. The van der Waals surface area contributed by atoms with Crippen molar-refractivity contribution in [1.29, 1.82) is 0 Å². The van der Waals surface area contributed by atoms with Crippen molar-refractivity contribution < 1.29 is 22.4 Å². The molecule has 0 aliphatic rings. The summed E-state index contributed by atoms with van der Waals surface area (Å²) in [6, 6.07) is 0. The van der Waals surface area contributed by atoms with Gasteiger partial charge in [0.25, 0.3) is 0 Å². The minimum absolute atomic E-state index is 0.0279. The van der Waals surface area contributed by atoms with Crippen molar-refractivity contribution in [3.8, 4) is 0 Å². The van der Waals surface area contributed by atoms with E-state index >= 15 is 0 Å². The third kappa shape index (κ3) is 9.98. The van der Waals surface area contributed by atoms with Gasteiger partial charge in [-0.25, -0.2) is 4.57 Å². The van der Waals surface area contributed by atoms with Crippen LogP contribution in [0.1, 0.15) is 0 Å². The van der Waals surface area contributed by atoms with Crippen LogP contribution in [0.4, 0.5) is 0 Å². The number of hydrogen-bond acceptors (Lipinski definition) is 6. The second-order valence-corrected chi connectivity index (χ2v) is 16.7. The molecule has 0 saturated heterocycles. The van der Waals surface area contributed by atoms with E-state index in [2.05, 4.69) is 9.99 Å². The molecule has 0 radical (unpaired) electrons. The van der Waals surface area contributed by atoms with Crippen molar-refractivity contribution in [2.45, 2.75) is 39.3 Å². The maximum atomic E-state index is 12.5. The summed E-state index contributed by atoms with van der Waals surface area (Å²) in [5.74, 6) is 0. The molecule has 9 heteroatoms. The van der Waals surface area contributed by atoms with E-state index in [1.165, 1.54) is 13.3 Å². The Morgan fingerprint density at radius 1 is 1.06 bits per heavy atom. The van der Waals surface area contributed by atoms with E-state index < -0.39 is 24.5 Å². The maximum absolute atomic E-state index is 12.5. The van der Waals surface area contributed by atoms with Crippen LogP contribution in [0.3, 0.4) is 0 Å². The normalized spacial score (nSPS) is 14.2. The van der Waals surface area contributed by atoms with Crippen molar-refractivity contribution in [1.82, 2.24) is 0 Å². The highest BCUT2D eigenvalue weighted by atomic mass is 31.2. The van der Waals surface area contributed by atoms with Crippen LogP contribution in [0.5, 0.6) is 0 Å². The summed E-state index contributed by atoms with van der Waals surface area (Å²) in [5, 5.41) is 3.51. The number of hydrogen-bond donors (Lipinski definition) is 0. The minimum Gasteiger partial charge on any atom is -0.399 e. The minimum atomic E-state index is -3.53. The molecule has 0 saturated carbocycles. The Labute approximate surface area is 112 Å². The molecule has 0 N–H and O–H groups in total. The summed E-state index contributed by atoms with van der Waals surface area (Å²) in [6.07, 6.45) is 1.37. The lowest BCUT2D eigenvalue weighted by Gasteiger charge is -2.29. The van der Waals surface area contributed by atoms with Crippen molar-refractivity contribution >= 4 is 30.7 Å². The lowest BCUT2D eigenvalue weighted by Crippen LogP contribution is -2.30. The van der Waals surface area contributed by atoms with Crippen molar-refractivity contribution in [2.24, 2.45) is 5.16 Å². The van der Waals surface area contributed by atoms with E-state index in [1.807, 2.05) is 39.3 Å². The summed E-state index contributed by atoms with van der Waals surface area (Å²) in [4.78, 5) is 4.49. The van der Waals surface area contributed by atoms with Crippen LogP contribution in [0.25, 0.3) is 0 Å². The molecule has 0 heterocycles. The molecule has 0 aromatic rings. The molecule has 0 spiro atoms. The highest BCUT2D eigenvalue weighted by molar-refractivity contribution is 7.52. The third-order valence-corrected chi connectivity index (χ3v) is 7.89. The van der Waals surface area contributed by atoms with Crippen molar-refractivity contribution in [3.05, 3.63) is 0 Å². The Hall–Kier alpha value is 0.0138. The van der Waals surface area contributed by atoms with Crippen LogP contribution in [0.2, 0.25) is 39.3 Å². The molecule has 0 aromatic carbocycles. The summed E-state index contributed by atoms with van der Waals surface area (Å²) in [5.41, 5.74) is 0. The van der Waals surface area contributed by atoms with E-state index in [0.717, 1.165) is 0 Å². The second kappa shape index (κ2) is 6.97. The van der Waals surface area contributed by atoms with Gasteiger partial charge in [0.1, 0.15) is 7.11 Å². The van der Waals surface area contributed by atoms with E-state index in [0.29, 0.717) is 0 Å². The number of rotatable bonds is 8. The molecule has 18 heavy (non-hydrogen) atoms. The maximum Gasteiger partial charge on any atom is 0.455 e. The summed E-state index contributed by atoms with van der Waals surface area (Å²) in [7, 11) is -6.16.